The van der Waals surface area contributed by atoms with Crippen molar-refractivity contribution in [3.05, 3.63) is 77.1 Å². The first-order valence-corrected chi connectivity index (χ1v) is 12.2. The largest absolute Gasteiger partial charge is 0.497 e. The van der Waals surface area contributed by atoms with E-state index in [4.69, 9.17) is 21.3 Å². The lowest BCUT2D eigenvalue weighted by Crippen LogP contribution is -2.30. The number of benzene rings is 2. The van der Waals surface area contributed by atoms with Gasteiger partial charge < -0.3 is 4.74 Å². The first-order chi connectivity index (χ1) is 15.5. The molecule has 0 saturated heterocycles. The molecule has 0 aliphatic carbocycles. The molecule has 0 atom stereocenters. The standard InChI is InChI=1S/C24H22ClN3O2S2/c1-16-20(25)7-8-21-23(16)27-24(32-21)28(15-17-9-12-26-13-10-17)22(29)11-14-31-19-5-3-18(30-2)4-6-19/h3-10,12-13H,11,14-15H2,1-2H3. The molecule has 164 valence electrons. The summed E-state index contributed by atoms with van der Waals surface area (Å²) in [5.74, 6) is 1.53. The highest BCUT2D eigenvalue weighted by Gasteiger charge is 2.21. The van der Waals surface area contributed by atoms with Crippen molar-refractivity contribution < 1.29 is 9.53 Å². The van der Waals surface area contributed by atoms with Crippen LogP contribution in [0.25, 0.3) is 10.2 Å². The zero-order chi connectivity index (χ0) is 22.5. The minimum atomic E-state index is 0.0330. The molecular weight excluding hydrogens is 462 g/mol. The molecule has 0 fully saturated rings. The Hall–Kier alpha value is -2.61. The number of anilines is 1. The molecule has 1 amide bonds. The Kier molecular flexibility index (Phi) is 7.29. The average molecular weight is 484 g/mol. The van der Waals surface area contributed by atoms with Gasteiger partial charge in [-0.05, 0) is 66.6 Å². The van der Waals surface area contributed by atoms with Crippen LogP contribution >= 0.6 is 34.7 Å². The number of nitrogens with zero attached hydrogens (tertiary/aromatic N) is 3. The topological polar surface area (TPSA) is 55.3 Å². The summed E-state index contributed by atoms with van der Waals surface area (Å²) in [5.41, 5.74) is 2.78. The van der Waals surface area contributed by atoms with E-state index in [1.165, 1.54) is 11.3 Å². The number of thiazole rings is 1. The van der Waals surface area contributed by atoms with Crippen LogP contribution in [0.15, 0.2) is 65.8 Å². The maximum Gasteiger partial charge on any atom is 0.229 e. The molecule has 32 heavy (non-hydrogen) atoms. The van der Waals surface area contributed by atoms with Crippen molar-refractivity contribution >= 4 is 56.0 Å². The summed E-state index contributed by atoms with van der Waals surface area (Å²) in [6.45, 7) is 2.40. The van der Waals surface area contributed by atoms with E-state index in [0.717, 1.165) is 32.0 Å². The molecule has 0 aliphatic heterocycles. The van der Waals surface area contributed by atoms with E-state index in [1.807, 2.05) is 55.5 Å². The third-order valence-corrected chi connectivity index (χ3v) is 7.47. The number of aryl methyl sites for hydroxylation is 1. The summed E-state index contributed by atoms with van der Waals surface area (Å²) in [6.07, 6.45) is 3.87. The van der Waals surface area contributed by atoms with Gasteiger partial charge in [0.1, 0.15) is 5.75 Å². The predicted molar refractivity (Wildman–Crippen MR) is 133 cm³/mol. The molecule has 0 radical (unpaired) electrons. The van der Waals surface area contributed by atoms with Crippen molar-refractivity contribution in [1.82, 2.24) is 9.97 Å². The van der Waals surface area contributed by atoms with Crippen LogP contribution in [0.3, 0.4) is 0 Å². The maximum atomic E-state index is 13.3. The van der Waals surface area contributed by atoms with Crippen LogP contribution in [-0.2, 0) is 11.3 Å². The first kappa shape index (κ1) is 22.6. The summed E-state index contributed by atoms with van der Waals surface area (Å²) in [6, 6.07) is 15.5. The van der Waals surface area contributed by atoms with Crippen LogP contribution in [0.4, 0.5) is 5.13 Å². The predicted octanol–water partition coefficient (Wildman–Crippen LogP) is 6.38. The van der Waals surface area contributed by atoms with Crippen LogP contribution in [0, 0.1) is 6.92 Å². The molecule has 0 aliphatic rings. The smallest absolute Gasteiger partial charge is 0.229 e. The van der Waals surface area contributed by atoms with Crippen molar-refractivity contribution in [2.24, 2.45) is 0 Å². The zero-order valence-electron chi connectivity index (χ0n) is 17.7. The van der Waals surface area contributed by atoms with Crippen LogP contribution in [0.2, 0.25) is 5.02 Å². The van der Waals surface area contributed by atoms with Crippen molar-refractivity contribution in [1.29, 1.82) is 0 Å². The van der Waals surface area contributed by atoms with E-state index in [1.54, 1.807) is 36.2 Å². The number of thioether (sulfide) groups is 1. The highest BCUT2D eigenvalue weighted by atomic mass is 35.5. The van der Waals surface area contributed by atoms with Crippen molar-refractivity contribution in [2.75, 3.05) is 17.8 Å². The minimum Gasteiger partial charge on any atom is -0.497 e. The number of hydrogen-bond donors (Lipinski definition) is 0. The lowest BCUT2D eigenvalue weighted by atomic mass is 10.2. The van der Waals surface area contributed by atoms with Crippen LogP contribution in [0.5, 0.6) is 5.75 Å². The summed E-state index contributed by atoms with van der Waals surface area (Å²) < 4.78 is 6.22. The van der Waals surface area contributed by atoms with E-state index in [0.29, 0.717) is 28.9 Å². The van der Waals surface area contributed by atoms with E-state index in [-0.39, 0.29) is 5.91 Å². The van der Waals surface area contributed by atoms with Crippen LogP contribution < -0.4 is 9.64 Å². The number of aromatic nitrogens is 2. The van der Waals surface area contributed by atoms with E-state index in [2.05, 4.69) is 4.98 Å². The highest BCUT2D eigenvalue weighted by Crippen LogP contribution is 2.34. The van der Waals surface area contributed by atoms with Gasteiger partial charge >= 0.3 is 0 Å². The van der Waals surface area contributed by atoms with Gasteiger partial charge in [-0.3, -0.25) is 14.7 Å². The van der Waals surface area contributed by atoms with Gasteiger partial charge in [-0.25, -0.2) is 4.98 Å². The molecular formula is C24H22ClN3O2S2. The third kappa shape index (κ3) is 5.23. The van der Waals surface area contributed by atoms with Crippen molar-refractivity contribution in [2.45, 2.75) is 24.8 Å². The van der Waals surface area contributed by atoms with E-state index < -0.39 is 0 Å². The van der Waals surface area contributed by atoms with Gasteiger partial charge in [0.05, 0.1) is 23.9 Å². The molecule has 0 N–H and O–H groups in total. The second kappa shape index (κ2) is 10.3. The van der Waals surface area contributed by atoms with Gasteiger partial charge in [0, 0.05) is 34.5 Å². The third-order valence-electron chi connectivity index (χ3n) is 5.00. The van der Waals surface area contributed by atoms with Crippen molar-refractivity contribution in [3.8, 4) is 5.75 Å². The Balaban J connectivity index is 1.53. The fourth-order valence-electron chi connectivity index (χ4n) is 3.20. The lowest BCUT2D eigenvalue weighted by Gasteiger charge is -2.20. The van der Waals surface area contributed by atoms with Gasteiger partial charge in [-0.15, -0.1) is 11.8 Å². The van der Waals surface area contributed by atoms with E-state index in [9.17, 15) is 4.79 Å². The molecule has 2 heterocycles. The monoisotopic (exact) mass is 483 g/mol. The zero-order valence-corrected chi connectivity index (χ0v) is 20.1. The fourth-order valence-corrected chi connectivity index (χ4v) is 5.24. The number of amides is 1. The Morgan fingerprint density at radius 1 is 1.12 bits per heavy atom. The Morgan fingerprint density at radius 3 is 2.59 bits per heavy atom. The summed E-state index contributed by atoms with van der Waals surface area (Å²) >= 11 is 9.44. The number of pyridine rings is 1. The summed E-state index contributed by atoms with van der Waals surface area (Å²) in [5, 5.41) is 1.36. The fraction of sp³-hybridized carbons (Fsp3) is 0.208. The molecule has 2 aromatic heterocycles. The molecule has 0 spiro atoms. The maximum absolute atomic E-state index is 13.3. The molecule has 4 aromatic rings. The molecule has 0 saturated carbocycles. The summed E-state index contributed by atoms with van der Waals surface area (Å²) in [7, 11) is 1.65. The quantitative estimate of drug-likeness (QED) is 0.272. The number of carbonyl (C=O) groups is 1. The Labute approximate surface area is 200 Å². The van der Waals surface area contributed by atoms with Crippen LogP contribution in [-0.4, -0.2) is 28.7 Å². The highest BCUT2D eigenvalue weighted by molar-refractivity contribution is 7.99. The second-order valence-corrected chi connectivity index (χ2v) is 9.71. The van der Waals surface area contributed by atoms with Crippen LogP contribution in [0.1, 0.15) is 17.5 Å². The second-order valence-electron chi connectivity index (χ2n) is 7.12. The number of rotatable bonds is 8. The Morgan fingerprint density at radius 2 is 1.88 bits per heavy atom. The number of ether oxygens (including phenoxy) is 1. The van der Waals surface area contributed by atoms with Gasteiger partial charge in [0.2, 0.25) is 5.91 Å². The molecule has 0 bridgehead atoms. The number of fused-ring (bicyclic) bond motifs is 1. The Bertz CT molecular complexity index is 1210. The van der Waals surface area contributed by atoms with E-state index >= 15 is 0 Å². The normalized spacial score (nSPS) is 11.0. The number of carbonyl (C=O) groups excluding carboxylic acids is 1. The first-order valence-electron chi connectivity index (χ1n) is 10.1. The SMILES string of the molecule is COc1ccc(SCCC(=O)N(Cc2ccncc2)c2nc3c(C)c(Cl)ccc3s2)cc1. The van der Waals surface area contributed by atoms with Gasteiger partial charge in [-0.2, -0.15) is 0 Å². The summed E-state index contributed by atoms with van der Waals surface area (Å²) in [4.78, 5) is 25.0. The molecule has 2 aromatic carbocycles. The molecule has 5 nitrogen and oxygen atoms in total. The lowest BCUT2D eigenvalue weighted by molar-refractivity contribution is -0.118. The number of halogens is 1. The molecule has 8 heteroatoms. The number of methoxy groups -OCH3 is 1. The minimum absolute atomic E-state index is 0.0330. The van der Waals surface area contributed by atoms with Gasteiger partial charge in [0.15, 0.2) is 5.13 Å². The number of hydrogen-bond acceptors (Lipinski definition) is 6. The van der Waals surface area contributed by atoms with Gasteiger partial charge in [0.25, 0.3) is 0 Å². The van der Waals surface area contributed by atoms with Gasteiger partial charge in [-0.1, -0.05) is 22.9 Å². The average Bonchev–Trinajstić information content (AvgIpc) is 3.26. The van der Waals surface area contributed by atoms with Crippen molar-refractivity contribution in [3.63, 3.8) is 0 Å². The molecule has 4 rings (SSSR count). The molecule has 0 unspecified atom stereocenters.